The van der Waals surface area contributed by atoms with Crippen LogP contribution in [-0.2, 0) is 32.6 Å². The van der Waals surface area contributed by atoms with Crippen molar-refractivity contribution in [3.63, 3.8) is 0 Å². The summed E-state index contributed by atoms with van der Waals surface area (Å²) in [5.74, 6) is -0.976. The molecule has 1 unspecified atom stereocenters. The molecule has 1 N–H and O–H groups in total. The lowest BCUT2D eigenvalue weighted by Crippen LogP contribution is -2.53. The summed E-state index contributed by atoms with van der Waals surface area (Å²) in [6, 6.07) is 28.0. The normalized spacial score (nSPS) is 11.9. The minimum absolute atomic E-state index is 0.0396. The highest BCUT2D eigenvalue weighted by molar-refractivity contribution is 7.92. The van der Waals surface area contributed by atoms with Crippen LogP contribution < -0.4 is 9.62 Å². The maximum atomic E-state index is 14.3. The van der Waals surface area contributed by atoms with Crippen LogP contribution in [0.15, 0.2) is 108 Å². The number of sulfonamides is 1. The van der Waals surface area contributed by atoms with Crippen molar-refractivity contribution < 1.29 is 18.0 Å². The van der Waals surface area contributed by atoms with Crippen LogP contribution in [0.1, 0.15) is 16.7 Å². The number of hydrogen-bond acceptors (Lipinski definition) is 4. The average Bonchev–Trinajstić information content (AvgIpc) is 2.99. The van der Waals surface area contributed by atoms with Gasteiger partial charge in [-0.2, -0.15) is 0 Å². The van der Waals surface area contributed by atoms with E-state index >= 15 is 0 Å². The van der Waals surface area contributed by atoms with E-state index in [9.17, 15) is 18.0 Å². The minimum atomic E-state index is -4.15. The van der Waals surface area contributed by atoms with E-state index in [1.54, 1.807) is 60.7 Å². The summed E-state index contributed by atoms with van der Waals surface area (Å²) in [5.41, 5.74) is 2.65. The molecule has 0 spiro atoms. The number of benzene rings is 4. The molecule has 218 valence electrons. The minimum Gasteiger partial charge on any atom is -0.357 e. The largest absolute Gasteiger partial charge is 0.357 e. The monoisotopic (exact) mass is 623 g/mol. The molecule has 7 nitrogen and oxygen atoms in total. The molecule has 42 heavy (non-hydrogen) atoms. The first kappa shape index (κ1) is 31.1. The second-order valence-electron chi connectivity index (χ2n) is 9.74. The van der Waals surface area contributed by atoms with Crippen LogP contribution in [-0.4, -0.2) is 44.8 Å². The molecular formula is C32H31Cl2N3O4S. The fourth-order valence-electron chi connectivity index (χ4n) is 4.51. The standard InChI is InChI=1S/C32H31Cl2N3O4S/c1-23-13-17-27(18-14-23)37(42(40,41)28-11-7-4-8-12-28)22-31(38)36(21-25-15-16-26(33)20-29(25)34)30(32(39)35-2)19-24-9-5-3-6-10-24/h3-18,20,30H,19,21-22H2,1-2H3,(H,35,39). The Labute approximate surface area is 256 Å². The first-order valence-corrected chi connectivity index (χ1v) is 15.4. The van der Waals surface area contributed by atoms with Gasteiger partial charge in [0.15, 0.2) is 0 Å². The van der Waals surface area contributed by atoms with Crippen molar-refractivity contribution in [2.24, 2.45) is 0 Å². The molecule has 0 fully saturated rings. The number of hydrogen-bond donors (Lipinski definition) is 1. The van der Waals surface area contributed by atoms with E-state index in [1.165, 1.54) is 24.1 Å². The number of rotatable bonds is 11. The Morgan fingerprint density at radius 1 is 0.857 bits per heavy atom. The molecule has 0 bridgehead atoms. The van der Waals surface area contributed by atoms with Gasteiger partial charge in [-0.25, -0.2) is 8.42 Å². The Morgan fingerprint density at radius 3 is 2.07 bits per heavy atom. The van der Waals surface area contributed by atoms with E-state index in [0.29, 0.717) is 21.3 Å². The van der Waals surface area contributed by atoms with Gasteiger partial charge < -0.3 is 10.2 Å². The molecule has 0 aromatic heterocycles. The first-order valence-electron chi connectivity index (χ1n) is 13.2. The van der Waals surface area contributed by atoms with E-state index < -0.39 is 34.4 Å². The van der Waals surface area contributed by atoms with Gasteiger partial charge in [0.1, 0.15) is 12.6 Å². The molecule has 0 heterocycles. The van der Waals surface area contributed by atoms with E-state index in [0.717, 1.165) is 15.4 Å². The van der Waals surface area contributed by atoms with Crippen molar-refractivity contribution in [1.29, 1.82) is 0 Å². The van der Waals surface area contributed by atoms with Crippen LogP contribution in [0.3, 0.4) is 0 Å². The van der Waals surface area contributed by atoms with Crippen molar-refractivity contribution in [3.8, 4) is 0 Å². The van der Waals surface area contributed by atoms with Gasteiger partial charge in [-0.3, -0.25) is 13.9 Å². The van der Waals surface area contributed by atoms with E-state index in [-0.39, 0.29) is 17.9 Å². The van der Waals surface area contributed by atoms with Gasteiger partial charge in [0, 0.05) is 30.1 Å². The van der Waals surface area contributed by atoms with E-state index in [1.807, 2.05) is 37.3 Å². The fraction of sp³-hybridized carbons (Fsp3) is 0.188. The third-order valence-corrected chi connectivity index (χ3v) is 9.18. The van der Waals surface area contributed by atoms with Crippen LogP contribution in [0.4, 0.5) is 5.69 Å². The molecule has 0 saturated heterocycles. The Balaban J connectivity index is 1.79. The zero-order valence-electron chi connectivity index (χ0n) is 23.2. The van der Waals surface area contributed by atoms with Crippen molar-refractivity contribution in [3.05, 3.63) is 130 Å². The molecule has 1 atom stereocenters. The SMILES string of the molecule is CNC(=O)C(Cc1ccccc1)N(Cc1ccc(Cl)cc1Cl)C(=O)CN(c1ccc(C)cc1)S(=O)(=O)c1ccccc1. The quantitative estimate of drug-likeness (QED) is 0.226. The highest BCUT2D eigenvalue weighted by Gasteiger charge is 2.34. The van der Waals surface area contributed by atoms with Gasteiger partial charge in [0.05, 0.1) is 10.6 Å². The Bertz CT molecular complexity index is 1630. The van der Waals surface area contributed by atoms with Crippen LogP contribution in [0.25, 0.3) is 0 Å². The lowest BCUT2D eigenvalue weighted by molar-refractivity contribution is -0.139. The average molecular weight is 625 g/mol. The van der Waals surface area contributed by atoms with Crippen LogP contribution in [0.2, 0.25) is 10.0 Å². The maximum Gasteiger partial charge on any atom is 0.264 e. The molecule has 4 rings (SSSR count). The predicted molar refractivity (Wildman–Crippen MR) is 167 cm³/mol. The predicted octanol–water partition coefficient (Wildman–Crippen LogP) is 5.88. The van der Waals surface area contributed by atoms with E-state index in [2.05, 4.69) is 5.32 Å². The number of aryl methyl sites for hydroxylation is 1. The highest BCUT2D eigenvalue weighted by atomic mass is 35.5. The third-order valence-electron chi connectivity index (χ3n) is 6.81. The topological polar surface area (TPSA) is 86.8 Å². The molecule has 0 aliphatic rings. The first-order chi connectivity index (χ1) is 20.1. The van der Waals surface area contributed by atoms with Crippen molar-refractivity contribution in [1.82, 2.24) is 10.2 Å². The molecule has 2 amide bonds. The van der Waals surface area contributed by atoms with Crippen molar-refractivity contribution >= 4 is 50.7 Å². The molecular weight excluding hydrogens is 593 g/mol. The number of nitrogens with one attached hydrogen (secondary N) is 1. The summed E-state index contributed by atoms with van der Waals surface area (Å²) < 4.78 is 28.9. The molecule has 0 aliphatic heterocycles. The number of carbonyl (C=O) groups is 2. The van der Waals surface area contributed by atoms with Gasteiger partial charge in [0.2, 0.25) is 11.8 Å². The van der Waals surface area contributed by atoms with Gasteiger partial charge >= 0.3 is 0 Å². The third kappa shape index (κ3) is 7.50. The lowest BCUT2D eigenvalue weighted by atomic mass is 10.0. The van der Waals surface area contributed by atoms with Crippen LogP contribution in [0.5, 0.6) is 0 Å². The number of amides is 2. The zero-order valence-corrected chi connectivity index (χ0v) is 25.5. The molecule has 0 aliphatic carbocycles. The number of anilines is 1. The summed E-state index contributed by atoms with van der Waals surface area (Å²) in [4.78, 5) is 29.0. The smallest absolute Gasteiger partial charge is 0.264 e. The van der Waals surface area contributed by atoms with E-state index in [4.69, 9.17) is 23.2 Å². The summed E-state index contributed by atoms with van der Waals surface area (Å²) in [6.45, 7) is 1.29. The number of halogens is 2. The zero-order chi connectivity index (χ0) is 30.3. The maximum absolute atomic E-state index is 14.3. The van der Waals surface area contributed by atoms with Crippen LogP contribution in [0, 0.1) is 6.92 Å². The Hall–Kier alpha value is -3.85. The second-order valence-corrected chi connectivity index (χ2v) is 12.4. The lowest BCUT2D eigenvalue weighted by Gasteiger charge is -2.33. The summed E-state index contributed by atoms with van der Waals surface area (Å²) in [6.07, 6.45) is 0.202. The summed E-state index contributed by atoms with van der Waals surface area (Å²) in [5, 5.41) is 3.41. The number of nitrogens with zero attached hydrogens (tertiary/aromatic N) is 2. The number of likely N-dealkylation sites (N-methyl/N-ethyl adjacent to an activating group) is 1. The number of carbonyl (C=O) groups excluding carboxylic acids is 2. The molecule has 4 aromatic rings. The Morgan fingerprint density at radius 2 is 1.48 bits per heavy atom. The summed E-state index contributed by atoms with van der Waals surface area (Å²) in [7, 11) is -2.65. The van der Waals surface area contributed by atoms with Crippen molar-refractivity contribution in [2.45, 2.75) is 30.8 Å². The van der Waals surface area contributed by atoms with Crippen molar-refractivity contribution in [2.75, 3.05) is 17.9 Å². The highest BCUT2D eigenvalue weighted by Crippen LogP contribution is 2.27. The second kappa shape index (κ2) is 13.9. The molecule has 10 heteroatoms. The molecule has 0 radical (unpaired) electrons. The molecule has 0 saturated carbocycles. The Kier molecular flexibility index (Phi) is 10.3. The van der Waals surface area contributed by atoms with Gasteiger partial charge in [-0.1, -0.05) is 95.5 Å². The van der Waals surface area contributed by atoms with Crippen LogP contribution >= 0.6 is 23.2 Å². The van der Waals surface area contributed by atoms with Gasteiger partial charge in [0.25, 0.3) is 10.0 Å². The van der Waals surface area contributed by atoms with Gasteiger partial charge in [-0.15, -0.1) is 0 Å². The molecule has 4 aromatic carbocycles. The fourth-order valence-corrected chi connectivity index (χ4v) is 6.42. The summed E-state index contributed by atoms with van der Waals surface area (Å²) >= 11 is 12.6. The van der Waals surface area contributed by atoms with Gasteiger partial charge in [-0.05, 0) is 54.4 Å².